The van der Waals surface area contributed by atoms with Crippen molar-refractivity contribution in [3.8, 4) is 11.1 Å². The van der Waals surface area contributed by atoms with Gasteiger partial charge in [0.15, 0.2) is 0 Å². The van der Waals surface area contributed by atoms with E-state index in [0.717, 1.165) is 0 Å². The fraction of sp³-hybridized carbons (Fsp3) is 0. The summed E-state index contributed by atoms with van der Waals surface area (Å²) in [6.07, 6.45) is 2.51. The summed E-state index contributed by atoms with van der Waals surface area (Å²) in [6, 6.07) is 1.19. The second kappa shape index (κ2) is 4.20. The van der Waals surface area contributed by atoms with Gasteiger partial charge in [0, 0.05) is 30.1 Å². The fourth-order valence-electron chi connectivity index (χ4n) is 1.70. The molecule has 19 heavy (non-hydrogen) atoms. The quantitative estimate of drug-likeness (QED) is 0.690. The first kappa shape index (κ1) is 11.9. The maximum atomic E-state index is 13.6. The monoisotopic (exact) mass is 284 g/mol. The van der Waals surface area contributed by atoms with Crippen molar-refractivity contribution in [2.75, 3.05) is 0 Å². The predicted molar refractivity (Wildman–Crippen MR) is 61.1 cm³/mol. The van der Waals surface area contributed by atoms with E-state index < -0.39 is 17.5 Å². The van der Waals surface area contributed by atoms with Gasteiger partial charge >= 0.3 is 0 Å². The fourth-order valence-corrected chi connectivity index (χ4v) is 1.86. The summed E-state index contributed by atoms with van der Waals surface area (Å²) in [5, 5.41) is 3.73. The zero-order valence-electron chi connectivity index (χ0n) is 9.11. The Morgan fingerprint density at radius 1 is 1.11 bits per heavy atom. The molecule has 2 aromatic heterocycles. The topological polar surface area (TPSA) is 43.1 Å². The van der Waals surface area contributed by atoms with Crippen molar-refractivity contribution < 1.29 is 13.2 Å². The van der Waals surface area contributed by atoms with Crippen molar-refractivity contribution in [3.63, 3.8) is 0 Å². The molecule has 0 aliphatic heterocycles. The lowest BCUT2D eigenvalue weighted by Crippen LogP contribution is -1.97. The van der Waals surface area contributed by atoms with E-state index in [0.29, 0.717) is 12.1 Å². The molecule has 0 aliphatic carbocycles. The van der Waals surface area contributed by atoms with Gasteiger partial charge in [-0.1, -0.05) is 0 Å². The van der Waals surface area contributed by atoms with E-state index in [-0.39, 0.29) is 22.2 Å². The van der Waals surface area contributed by atoms with Crippen molar-refractivity contribution in [3.05, 3.63) is 47.3 Å². The second-order valence-corrected chi connectivity index (χ2v) is 4.05. The molecular formula is C11H4ClF3N4. The second-order valence-electron chi connectivity index (χ2n) is 3.71. The Balaban J connectivity index is 2.24. The molecule has 0 saturated carbocycles. The molecule has 1 aromatic carbocycles. The molecule has 2 heterocycles. The van der Waals surface area contributed by atoms with Crippen LogP contribution in [0, 0.1) is 17.5 Å². The van der Waals surface area contributed by atoms with Crippen molar-refractivity contribution in [1.82, 2.24) is 19.6 Å². The Bertz CT molecular complexity index is 764. The Kier molecular flexibility index (Phi) is 2.63. The molecule has 8 heteroatoms. The number of rotatable bonds is 1. The van der Waals surface area contributed by atoms with Crippen molar-refractivity contribution in [2.24, 2.45) is 0 Å². The highest BCUT2D eigenvalue weighted by atomic mass is 35.5. The normalized spacial score (nSPS) is 11.2. The summed E-state index contributed by atoms with van der Waals surface area (Å²) in [6.45, 7) is 0. The zero-order chi connectivity index (χ0) is 13.6. The summed E-state index contributed by atoms with van der Waals surface area (Å²) in [5.74, 6) is -2.84. The predicted octanol–water partition coefficient (Wildman–Crippen LogP) is 2.86. The maximum absolute atomic E-state index is 13.6. The highest BCUT2D eigenvalue weighted by Crippen LogP contribution is 2.26. The van der Waals surface area contributed by atoms with Crippen LogP contribution < -0.4 is 0 Å². The Morgan fingerprint density at radius 2 is 1.79 bits per heavy atom. The van der Waals surface area contributed by atoms with E-state index in [9.17, 15) is 13.2 Å². The summed E-state index contributed by atoms with van der Waals surface area (Å²) >= 11 is 5.58. The molecule has 4 nitrogen and oxygen atoms in total. The molecule has 0 amide bonds. The number of aromatic nitrogens is 4. The van der Waals surface area contributed by atoms with E-state index in [1.165, 1.54) is 16.9 Å². The molecule has 0 atom stereocenters. The number of fused-ring (bicyclic) bond motifs is 1. The molecule has 3 aromatic rings. The molecule has 0 unspecified atom stereocenters. The van der Waals surface area contributed by atoms with Gasteiger partial charge in [0.25, 0.3) is 5.78 Å². The molecule has 0 radical (unpaired) electrons. The summed E-state index contributed by atoms with van der Waals surface area (Å²) in [7, 11) is 0. The van der Waals surface area contributed by atoms with E-state index in [1.807, 2.05) is 0 Å². The van der Waals surface area contributed by atoms with Crippen LogP contribution in [0.2, 0.25) is 5.28 Å². The third-order valence-corrected chi connectivity index (χ3v) is 2.62. The van der Waals surface area contributed by atoms with Gasteiger partial charge in [0.2, 0.25) is 5.28 Å². The van der Waals surface area contributed by atoms with E-state index in [4.69, 9.17) is 11.6 Å². The van der Waals surface area contributed by atoms with Gasteiger partial charge in [0.05, 0.1) is 5.56 Å². The van der Waals surface area contributed by atoms with Crippen LogP contribution >= 0.6 is 11.6 Å². The molecule has 0 bridgehead atoms. The van der Waals surface area contributed by atoms with Gasteiger partial charge in [-0.2, -0.15) is 4.98 Å². The number of hydrogen-bond donors (Lipinski definition) is 0. The van der Waals surface area contributed by atoms with Crippen LogP contribution in [0.4, 0.5) is 13.2 Å². The molecule has 0 N–H and O–H groups in total. The lowest BCUT2D eigenvalue weighted by Gasteiger charge is -2.05. The van der Waals surface area contributed by atoms with Crippen molar-refractivity contribution in [2.45, 2.75) is 0 Å². The number of halogens is 4. The first-order valence-corrected chi connectivity index (χ1v) is 5.45. The smallest absolute Gasteiger partial charge is 0.219 e. The first-order valence-electron chi connectivity index (χ1n) is 5.07. The highest BCUT2D eigenvalue weighted by molar-refractivity contribution is 6.28. The van der Waals surface area contributed by atoms with Crippen LogP contribution in [0.15, 0.2) is 24.5 Å². The Morgan fingerprint density at radius 3 is 2.47 bits per heavy atom. The minimum atomic E-state index is -1.02. The third kappa shape index (κ3) is 2.01. The van der Waals surface area contributed by atoms with Crippen LogP contribution in [0.5, 0.6) is 0 Å². The van der Waals surface area contributed by atoms with Gasteiger partial charge in [-0.25, -0.2) is 22.7 Å². The summed E-state index contributed by atoms with van der Waals surface area (Å²) in [5.41, 5.74) is -0.286. The molecule has 96 valence electrons. The molecule has 0 aliphatic rings. The molecule has 0 spiro atoms. The van der Waals surface area contributed by atoms with Gasteiger partial charge in [-0.3, -0.25) is 0 Å². The highest BCUT2D eigenvalue weighted by Gasteiger charge is 2.15. The SMILES string of the molecule is Fc1cc(F)c(-c2cnc3nc(Cl)nn3c2)c(F)c1. The van der Waals surface area contributed by atoms with Gasteiger partial charge in [-0.15, -0.1) is 5.10 Å². The molecule has 0 fully saturated rings. The largest absolute Gasteiger partial charge is 0.253 e. The first-order chi connectivity index (χ1) is 9.04. The van der Waals surface area contributed by atoms with Crippen molar-refractivity contribution >= 4 is 17.4 Å². The van der Waals surface area contributed by atoms with Gasteiger partial charge in [0.1, 0.15) is 17.5 Å². The van der Waals surface area contributed by atoms with Crippen LogP contribution in [0.1, 0.15) is 0 Å². The molecule has 0 saturated heterocycles. The molecular weight excluding hydrogens is 281 g/mol. The average molecular weight is 285 g/mol. The zero-order valence-corrected chi connectivity index (χ0v) is 9.87. The van der Waals surface area contributed by atoms with E-state index in [1.54, 1.807) is 0 Å². The van der Waals surface area contributed by atoms with Crippen LogP contribution in [0.3, 0.4) is 0 Å². The maximum Gasteiger partial charge on any atom is 0.253 e. The average Bonchev–Trinajstić information content (AvgIpc) is 2.67. The number of hydrogen-bond acceptors (Lipinski definition) is 3. The number of nitrogens with zero attached hydrogens (tertiary/aromatic N) is 4. The summed E-state index contributed by atoms with van der Waals surface area (Å²) in [4.78, 5) is 7.63. The standard InChI is InChI=1S/C11H4ClF3N4/c12-10-17-11-16-3-5(4-19(11)18-10)9-7(14)1-6(13)2-8(9)15/h1-4H. The van der Waals surface area contributed by atoms with Crippen molar-refractivity contribution in [1.29, 1.82) is 0 Å². The van der Waals surface area contributed by atoms with Gasteiger partial charge < -0.3 is 0 Å². The van der Waals surface area contributed by atoms with Gasteiger partial charge in [-0.05, 0) is 11.6 Å². The van der Waals surface area contributed by atoms with Crippen LogP contribution in [-0.4, -0.2) is 19.6 Å². The number of benzene rings is 1. The summed E-state index contributed by atoms with van der Waals surface area (Å²) < 4.78 is 41.3. The van der Waals surface area contributed by atoms with E-state index >= 15 is 0 Å². The van der Waals surface area contributed by atoms with E-state index in [2.05, 4.69) is 15.1 Å². The lowest BCUT2D eigenvalue weighted by molar-refractivity contribution is 0.548. The van der Waals surface area contributed by atoms with Crippen LogP contribution in [0.25, 0.3) is 16.9 Å². The Hall–Kier alpha value is -2.15. The lowest BCUT2D eigenvalue weighted by atomic mass is 10.1. The Labute approximate surface area is 109 Å². The minimum absolute atomic E-state index is 0.0373. The van der Waals surface area contributed by atoms with Crippen LogP contribution in [-0.2, 0) is 0 Å². The molecule has 3 rings (SSSR count). The minimum Gasteiger partial charge on any atom is -0.219 e. The third-order valence-electron chi connectivity index (χ3n) is 2.46.